The SMILES string of the molecule is CC(CCO[Si](C)(C)C(C)(C)C)c1nc2ccccc2c(N)c1N. The van der Waals surface area contributed by atoms with Crippen molar-refractivity contribution in [2.24, 2.45) is 0 Å². The number of fused-ring (bicyclic) bond motifs is 1. The van der Waals surface area contributed by atoms with Gasteiger partial charge in [-0.1, -0.05) is 45.9 Å². The van der Waals surface area contributed by atoms with E-state index in [4.69, 9.17) is 20.9 Å². The standard InChI is InChI=1S/C19H31N3OSi/c1-13(11-12-23-24(5,6)19(2,3)4)18-17(21)16(20)14-9-7-8-10-15(14)22-18/h7-10,13H,11-12,21H2,1-6H3,(H2,20,22). The second-order valence-corrected chi connectivity index (χ2v) is 12.9. The van der Waals surface area contributed by atoms with Gasteiger partial charge in [-0.15, -0.1) is 0 Å². The van der Waals surface area contributed by atoms with Crippen LogP contribution in [0.25, 0.3) is 10.9 Å². The smallest absolute Gasteiger partial charge is 0.191 e. The lowest BCUT2D eigenvalue weighted by molar-refractivity contribution is 0.273. The first-order valence-electron chi connectivity index (χ1n) is 8.62. The second-order valence-electron chi connectivity index (χ2n) is 8.14. The number of nitrogen functional groups attached to an aromatic ring is 2. The van der Waals surface area contributed by atoms with Gasteiger partial charge in [-0.05, 0) is 30.6 Å². The largest absolute Gasteiger partial charge is 0.417 e. The van der Waals surface area contributed by atoms with Gasteiger partial charge in [0.15, 0.2) is 8.32 Å². The minimum atomic E-state index is -1.72. The van der Waals surface area contributed by atoms with E-state index in [1.807, 2.05) is 24.3 Å². The number of aromatic nitrogens is 1. The van der Waals surface area contributed by atoms with Crippen LogP contribution >= 0.6 is 0 Å². The molecule has 1 atom stereocenters. The molecule has 1 heterocycles. The quantitative estimate of drug-likeness (QED) is 0.755. The predicted octanol–water partition coefficient (Wildman–Crippen LogP) is 4.91. The van der Waals surface area contributed by atoms with Crippen molar-refractivity contribution in [1.82, 2.24) is 4.98 Å². The summed E-state index contributed by atoms with van der Waals surface area (Å²) in [4.78, 5) is 4.75. The Balaban J connectivity index is 2.15. The highest BCUT2D eigenvalue weighted by Gasteiger charge is 2.37. The van der Waals surface area contributed by atoms with Gasteiger partial charge in [0.05, 0.1) is 22.6 Å². The monoisotopic (exact) mass is 345 g/mol. The first kappa shape index (κ1) is 18.7. The molecule has 1 unspecified atom stereocenters. The molecule has 1 aromatic heterocycles. The minimum Gasteiger partial charge on any atom is -0.417 e. The fourth-order valence-electron chi connectivity index (χ4n) is 2.49. The zero-order valence-corrected chi connectivity index (χ0v) is 16.8. The summed E-state index contributed by atoms with van der Waals surface area (Å²) in [6, 6.07) is 7.87. The van der Waals surface area contributed by atoms with Crippen LogP contribution in [0.1, 0.15) is 45.7 Å². The Hall–Kier alpha value is -1.59. The second kappa shape index (κ2) is 6.73. The highest BCUT2D eigenvalue weighted by atomic mass is 28.4. The molecule has 0 amide bonds. The van der Waals surface area contributed by atoms with Crippen molar-refractivity contribution >= 4 is 30.6 Å². The van der Waals surface area contributed by atoms with Gasteiger partial charge >= 0.3 is 0 Å². The summed E-state index contributed by atoms with van der Waals surface area (Å²) in [6.07, 6.45) is 0.890. The van der Waals surface area contributed by atoms with E-state index in [0.29, 0.717) is 11.4 Å². The summed E-state index contributed by atoms with van der Waals surface area (Å²) >= 11 is 0. The number of hydrogen-bond acceptors (Lipinski definition) is 4. The lowest BCUT2D eigenvalue weighted by Crippen LogP contribution is -2.41. The maximum atomic E-state index is 6.28. The number of pyridine rings is 1. The van der Waals surface area contributed by atoms with E-state index in [9.17, 15) is 0 Å². The molecule has 1 aromatic carbocycles. The molecule has 0 aliphatic heterocycles. The van der Waals surface area contributed by atoms with Crippen LogP contribution in [-0.2, 0) is 4.43 Å². The summed E-state index contributed by atoms with van der Waals surface area (Å²) in [7, 11) is -1.72. The van der Waals surface area contributed by atoms with Gasteiger partial charge in [-0.25, -0.2) is 0 Å². The van der Waals surface area contributed by atoms with E-state index >= 15 is 0 Å². The molecule has 0 saturated heterocycles. The van der Waals surface area contributed by atoms with Gasteiger partial charge in [0.25, 0.3) is 0 Å². The Morgan fingerprint density at radius 2 is 1.75 bits per heavy atom. The predicted molar refractivity (Wildman–Crippen MR) is 107 cm³/mol. The normalized spacial score (nSPS) is 14.1. The van der Waals surface area contributed by atoms with Gasteiger partial charge in [-0.2, -0.15) is 0 Å². The number of para-hydroxylation sites is 1. The summed E-state index contributed by atoms with van der Waals surface area (Å²) in [5.41, 5.74) is 15.5. The average Bonchev–Trinajstić information content (AvgIpc) is 2.49. The summed E-state index contributed by atoms with van der Waals surface area (Å²) in [5.74, 6) is 0.210. The van der Waals surface area contributed by atoms with Crippen LogP contribution in [0.4, 0.5) is 11.4 Å². The number of benzene rings is 1. The third-order valence-corrected chi connectivity index (χ3v) is 9.83. The molecule has 2 rings (SSSR count). The highest BCUT2D eigenvalue weighted by molar-refractivity contribution is 6.74. The van der Waals surface area contributed by atoms with Crippen molar-refractivity contribution in [3.8, 4) is 0 Å². The van der Waals surface area contributed by atoms with Crippen LogP contribution in [-0.4, -0.2) is 19.9 Å². The zero-order chi connectivity index (χ0) is 18.1. The lowest BCUT2D eigenvalue weighted by atomic mass is 10.00. The molecule has 0 fully saturated rings. The molecule has 4 N–H and O–H groups in total. The lowest BCUT2D eigenvalue weighted by Gasteiger charge is -2.36. The summed E-state index contributed by atoms with van der Waals surface area (Å²) in [6.45, 7) is 14.2. The van der Waals surface area contributed by atoms with Gasteiger partial charge in [0.1, 0.15) is 0 Å². The fraction of sp³-hybridized carbons (Fsp3) is 0.526. The van der Waals surface area contributed by atoms with Crippen molar-refractivity contribution < 1.29 is 4.43 Å². The average molecular weight is 346 g/mol. The van der Waals surface area contributed by atoms with Crippen LogP contribution in [0.3, 0.4) is 0 Å². The first-order chi connectivity index (χ1) is 11.0. The molecule has 0 saturated carbocycles. The van der Waals surface area contributed by atoms with Crippen LogP contribution < -0.4 is 11.5 Å². The van der Waals surface area contributed by atoms with Crippen LogP contribution in [0, 0.1) is 0 Å². The first-order valence-corrected chi connectivity index (χ1v) is 11.5. The molecule has 0 spiro atoms. The molecule has 0 aliphatic carbocycles. The van der Waals surface area contributed by atoms with Gasteiger partial charge in [0, 0.05) is 17.9 Å². The number of rotatable bonds is 5. The van der Waals surface area contributed by atoms with Gasteiger partial charge in [-0.3, -0.25) is 4.98 Å². The molecule has 24 heavy (non-hydrogen) atoms. The maximum absolute atomic E-state index is 6.28. The van der Waals surface area contributed by atoms with E-state index in [-0.39, 0.29) is 11.0 Å². The number of hydrogen-bond donors (Lipinski definition) is 2. The fourth-order valence-corrected chi connectivity index (χ4v) is 3.55. The Labute approximate surface area is 146 Å². The van der Waals surface area contributed by atoms with Gasteiger partial charge in [0.2, 0.25) is 0 Å². The molecule has 132 valence electrons. The Morgan fingerprint density at radius 1 is 1.12 bits per heavy atom. The Kier molecular flexibility index (Phi) is 5.25. The van der Waals surface area contributed by atoms with E-state index < -0.39 is 8.32 Å². The van der Waals surface area contributed by atoms with Crippen molar-refractivity contribution in [2.75, 3.05) is 18.1 Å². The maximum Gasteiger partial charge on any atom is 0.191 e. The Morgan fingerprint density at radius 3 is 2.38 bits per heavy atom. The van der Waals surface area contributed by atoms with Crippen LogP contribution in [0.15, 0.2) is 24.3 Å². The summed E-state index contributed by atoms with van der Waals surface area (Å²) < 4.78 is 6.28. The molecule has 2 aromatic rings. The van der Waals surface area contributed by atoms with E-state index in [2.05, 4.69) is 40.8 Å². The van der Waals surface area contributed by atoms with Crippen molar-refractivity contribution in [2.45, 2.75) is 58.2 Å². The third kappa shape index (κ3) is 3.73. The van der Waals surface area contributed by atoms with Crippen LogP contribution in [0.5, 0.6) is 0 Å². The highest BCUT2D eigenvalue weighted by Crippen LogP contribution is 2.37. The van der Waals surface area contributed by atoms with Crippen LogP contribution in [0.2, 0.25) is 18.1 Å². The molecule has 5 heteroatoms. The zero-order valence-electron chi connectivity index (χ0n) is 15.8. The van der Waals surface area contributed by atoms with Crippen molar-refractivity contribution in [3.05, 3.63) is 30.0 Å². The molecule has 0 aliphatic rings. The molecule has 0 radical (unpaired) electrons. The summed E-state index contributed by atoms with van der Waals surface area (Å²) in [5, 5.41) is 1.14. The van der Waals surface area contributed by atoms with E-state index in [0.717, 1.165) is 29.6 Å². The molecular formula is C19H31N3OSi. The Bertz CT molecular complexity index is 722. The number of nitrogens with two attached hydrogens (primary N) is 2. The molecule has 0 bridgehead atoms. The van der Waals surface area contributed by atoms with Crippen molar-refractivity contribution in [1.29, 1.82) is 0 Å². The minimum absolute atomic E-state index is 0.210. The molecule has 4 nitrogen and oxygen atoms in total. The topological polar surface area (TPSA) is 74.2 Å². The number of nitrogens with zero attached hydrogens (tertiary/aromatic N) is 1. The van der Waals surface area contributed by atoms with E-state index in [1.54, 1.807) is 0 Å². The van der Waals surface area contributed by atoms with Gasteiger partial charge < -0.3 is 15.9 Å². The molecular weight excluding hydrogens is 314 g/mol. The van der Waals surface area contributed by atoms with E-state index in [1.165, 1.54) is 0 Å². The third-order valence-electron chi connectivity index (χ3n) is 5.29. The number of anilines is 2. The van der Waals surface area contributed by atoms with Crippen molar-refractivity contribution in [3.63, 3.8) is 0 Å².